The first kappa shape index (κ1) is 20.0. The van der Waals surface area contributed by atoms with E-state index in [1.165, 1.54) is 6.07 Å². The largest absolute Gasteiger partial charge is 0.487 e. The number of pyridine rings is 1. The van der Waals surface area contributed by atoms with Gasteiger partial charge in [-0.1, -0.05) is 17.3 Å². The van der Waals surface area contributed by atoms with Gasteiger partial charge in [-0.15, -0.1) is 0 Å². The van der Waals surface area contributed by atoms with E-state index in [-0.39, 0.29) is 23.6 Å². The quantitative estimate of drug-likeness (QED) is 0.591. The van der Waals surface area contributed by atoms with Gasteiger partial charge in [0.05, 0.1) is 0 Å². The summed E-state index contributed by atoms with van der Waals surface area (Å²) in [5.74, 6) is 1.03. The van der Waals surface area contributed by atoms with E-state index in [1.54, 1.807) is 30.6 Å². The molecule has 156 valence electrons. The van der Waals surface area contributed by atoms with Crippen molar-refractivity contribution in [2.24, 2.45) is 0 Å². The molecular weight excluding hydrogens is 387 g/mol. The van der Waals surface area contributed by atoms with Crippen molar-refractivity contribution in [1.82, 2.24) is 20.0 Å². The lowest BCUT2D eigenvalue weighted by Crippen LogP contribution is -2.41. The number of nitrogens with zero attached hydrogens (tertiary/aromatic N) is 4. The average molecular weight is 410 g/mol. The molecule has 0 atom stereocenters. The number of carbonyl (C=O) groups excluding carboxylic acids is 1. The molecule has 1 aromatic carbocycles. The van der Waals surface area contributed by atoms with Crippen LogP contribution in [0.2, 0.25) is 0 Å². The molecule has 1 amide bonds. The second kappa shape index (κ2) is 9.47. The predicted molar refractivity (Wildman–Crippen MR) is 107 cm³/mol. The Balaban J connectivity index is 1.19. The summed E-state index contributed by atoms with van der Waals surface area (Å²) in [6, 6.07) is 10.1. The van der Waals surface area contributed by atoms with Crippen LogP contribution in [0.25, 0.3) is 11.4 Å². The zero-order valence-corrected chi connectivity index (χ0v) is 16.5. The van der Waals surface area contributed by atoms with Crippen LogP contribution in [-0.4, -0.2) is 45.1 Å². The predicted octanol–water partition coefficient (Wildman–Crippen LogP) is 3.66. The summed E-state index contributed by atoms with van der Waals surface area (Å²) in [7, 11) is 0. The van der Waals surface area contributed by atoms with E-state index in [1.807, 2.05) is 17.0 Å². The SMILES string of the molecule is O=C(CCCc1nc(-c2cccnc2)no1)N1CCC(Oc2ccccc2F)CC1. The summed E-state index contributed by atoms with van der Waals surface area (Å²) in [5.41, 5.74) is 0.795. The Kier molecular flexibility index (Phi) is 6.32. The van der Waals surface area contributed by atoms with Gasteiger partial charge in [-0.25, -0.2) is 4.39 Å². The van der Waals surface area contributed by atoms with Gasteiger partial charge >= 0.3 is 0 Å². The van der Waals surface area contributed by atoms with Crippen molar-refractivity contribution in [3.05, 3.63) is 60.5 Å². The molecule has 1 aliphatic heterocycles. The minimum atomic E-state index is -0.358. The highest BCUT2D eigenvalue weighted by Gasteiger charge is 2.24. The minimum Gasteiger partial charge on any atom is -0.487 e. The van der Waals surface area contributed by atoms with Gasteiger partial charge in [-0.2, -0.15) is 4.98 Å². The number of piperidine rings is 1. The van der Waals surface area contributed by atoms with Crippen LogP contribution in [-0.2, 0) is 11.2 Å². The zero-order chi connectivity index (χ0) is 20.8. The number of aryl methyl sites for hydroxylation is 1. The smallest absolute Gasteiger partial charge is 0.226 e. The second-order valence-corrected chi connectivity index (χ2v) is 7.24. The standard InChI is InChI=1S/C22H23FN4O3/c23-18-6-1-2-7-19(18)29-17-10-13-27(14-11-17)21(28)9-3-8-20-25-22(26-30-20)16-5-4-12-24-15-16/h1-2,4-7,12,15,17H,3,8-11,13-14H2. The van der Waals surface area contributed by atoms with Crippen LogP contribution in [0.4, 0.5) is 4.39 Å². The van der Waals surface area contributed by atoms with Crippen LogP contribution in [0.5, 0.6) is 5.75 Å². The number of benzene rings is 1. The zero-order valence-electron chi connectivity index (χ0n) is 16.5. The number of halogens is 1. The molecule has 0 bridgehead atoms. The van der Waals surface area contributed by atoms with E-state index < -0.39 is 0 Å². The molecular formula is C22H23FN4O3. The van der Waals surface area contributed by atoms with Gasteiger partial charge in [0, 0.05) is 56.7 Å². The third kappa shape index (κ3) is 5.00. The van der Waals surface area contributed by atoms with E-state index in [4.69, 9.17) is 9.26 Å². The Morgan fingerprint density at radius 3 is 2.80 bits per heavy atom. The lowest BCUT2D eigenvalue weighted by Gasteiger charge is -2.32. The van der Waals surface area contributed by atoms with E-state index >= 15 is 0 Å². The number of aromatic nitrogens is 3. The van der Waals surface area contributed by atoms with Gasteiger partial charge < -0.3 is 14.2 Å². The normalized spacial score (nSPS) is 14.6. The van der Waals surface area contributed by atoms with Crippen molar-refractivity contribution < 1.29 is 18.4 Å². The van der Waals surface area contributed by atoms with E-state index in [2.05, 4.69) is 15.1 Å². The Labute approximate surface area is 173 Å². The Morgan fingerprint density at radius 1 is 1.20 bits per heavy atom. The van der Waals surface area contributed by atoms with Gasteiger partial charge in [0.1, 0.15) is 6.10 Å². The Hall–Kier alpha value is -3.29. The summed E-state index contributed by atoms with van der Waals surface area (Å²) >= 11 is 0. The lowest BCUT2D eigenvalue weighted by atomic mass is 10.1. The number of likely N-dealkylation sites (tertiary alicyclic amines) is 1. The average Bonchev–Trinajstić information content (AvgIpc) is 3.25. The van der Waals surface area contributed by atoms with Gasteiger partial charge in [0.25, 0.3) is 0 Å². The molecule has 1 fully saturated rings. The van der Waals surface area contributed by atoms with Crippen LogP contribution in [0.1, 0.15) is 31.6 Å². The van der Waals surface area contributed by atoms with Crippen molar-refractivity contribution in [2.45, 2.75) is 38.2 Å². The highest BCUT2D eigenvalue weighted by molar-refractivity contribution is 5.76. The molecule has 0 radical (unpaired) electrons. The Morgan fingerprint density at radius 2 is 2.03 bits per heavy atom. The molecule has 3 heterocycles. The number of amides is 1. The summed E-state index contributed by atoms with van der Waals surface area (Å²) in [6.45, 7) is 1.23. The molecule has 0 unspecified atom stereocenters. The molecule has 7 nitrogen and oxygen atoms in total. The molecule has 4 rings (SSSR count). The topological polar surface area (TPSA) is 81.3 Å². The van der Waals surface area contributed by atoms with Crippen molar-refractivity contribution in [3.63, 3.8) is 0 Å². The molecule has 0 spiro atoms. The Bertz CT molecular complexity index is 971. The summed E-state index contributed by atoms with van der Waals surface area (Å²) in [5, 5.41) is 3.96. The first-order valence-corrected chi connectivity index (χ1v) is 10.1. The fraction of sp³-hybridized carbons (Fsp3) is 0.364. The van der Waals surface area contributed by atoms with Crippen molar-refractivity contribution in [2.75, 3.05) is 13.1 Å². The maximum Gasteiger partial charge on any atom is 0.226 e. The van der Waals surface area contributed by atoms with E-state index in [0.29, 0.717) is 56.9 Å². The first-order chi connectivity index (χ1) is 14.7. The minimum absolute atomic E-state index is 0.0739. The molecule has 0 N–H and O–H groups in total. The summed E-state index contributed by atoms with van der Waals surface area (Å²) < 4.78 is 24.7. The molecule has 2 aromatic heterocycles. The monoisotopic (exact) mass is 410 g/mol. The highest BCUT2D eigenvalue weighted by Crippen LogP contribution is 2.22. The van der Waals surface area contributed by atoms with Gasteiger partial charge in [-0.05, 0) is 30.7 Å². The molecule has 1 saturated heterocycles. The number of para-hydroxylation sites is 1. The molecule has 8 heteroatoms. The van der Waals surface area contributed by atoms with E-state index in [0.717, 1.165) is 5.56 Å². The van der Waals surface area contributed by atoms with Crippen LogP contribution in [0.15, 0.2) is 53.3 Å². The molecule has 1 aliphatic rings. The van der Waals surface area contributed by atoms with Crippen LogP contribution < -0.4 is 4.74 Å². The maximum absolute atomic E-state index is 13.7. The number of hydrogen-bond acceptors (Lipinski definition) is 6. The van der Waals surface area contributed by atoms with Crippen molar-refractivity contribution in [1.29, 1.82) is 0 Å². The molecule has 0 saturated carbocycles. The van der Waals surface area contributed by atoms with Crippen molar-refractivity contribution in [3.8, 4) is 17.1 Å². The highest BCUT2D eigenvalue weighted by atomic mass is 19.1. The van der Waals surface area contributed by atoms with Crippen LogP contribution >= 0.6 is 0 Å². The molecule has 0 aliphatic carbocycles. The lowest BCUT2D eigenvalue weighted by molar-refractivity contribution is -0.133. The number of rotatable bonds is 7. The number of hydrogen-bond donors (Lipinski definition) is 0. The fourth-order valence-corrected chi connectivity index (χ4v) is 3.46. The first-order valence-electron chi connectivity index (χ1n) is 10.1. The van der Waals surface area contributed by atoms with Crippen LogP contribution in [0, 0.1) is 5.82 Å². The van der Waals surface area contributed by atoms with Crippen LogP contribution in [0.3, 0.4) is 0 Å². The maximum atomic E-state index is 13.7. The molecule has 30 heavy (non-hydrogen) atoms. The second-order valence-electron chi connectivity index (χ2n) is 7.24. The summed E-state index contributed by atoms with van der Waals surface area (Å²) in [6.07, 6.45) is 6.28. The third-order valence-corrected chi connectivity index (χ3v) is 5.09. The fourth-order valence-electron chi connectivity index (χ4n) is 3.46. The number of carbonyl (C=O) groups is 1. The molecule has 3 aromatic rings. The summed E-state index contributed by atoms with van der Waals surface area (Å²) in [4.78, 5) is 22.7. The van der Waals surface area contributed by atoms with Crippen molar-refractivity contribution >= 4 is 5.91 Å². The van der Waals surface area contributed by atoms with E-state index in [9.17, 15) is 9.18 Å². The van der Waals surface area contributed by atoms with Gasteiger partial charge in [-0.3, -0.25) is 9.78 Å². The van der Waals surface area contributed by atoms with Gasteiger partial charge in [0.15, 0.2) is 11.6 Å². The van der Waals surface area contributed by atoms with Gasteiger partial charge in [0.2, 0.25) is 17.6 Å². The third-order valence-electron chi connectivity index (χ3n) is 5.09. The number of ether oxygens (including phenoxy) is 1.